The smallest absolute Gasteiger partial charge is 0.321 e. The summed E-state index contributed by atoms with van der Waals surface area (Å²) in [4.78, 5) is 28.2. The summed E-state index contributed by atoms with van der Waals surface area (Å²) >= 11 is 8.65. The zero-order valence-electron chi connectivity index (χ0n) is 10.8. The summed E-state index contributed by atoms with van der Waals surface area (Å²) in [5, 5.41) is 7.84. The molecule has 0 saturated heterocycles. The molecule has 21 heavy (non-hydrogen) atoms. The standard InChI is InChI=1S/C13H12ClN3O2S2/c14-10-4-1-5-15-12(10)21-8-11(18)17-13(19)16-7-9-3-2-6-20-9/h1-6H,7-8H2,(H2,16,17,18,19). The molecule has 2 N–H and O–H groups in total. The van der Waals surface area contributed by atoms with Crippen LogP contribution < -0.4 is 10.6 Å². The second-order valence-electron chi connectivity index (χ2n) is 3.89. The predicted molar refractivity (Wildman–Crippen MR) is 84.7 cm³/mol. The van der Waals surface area contributed by atoms with Crippen LogP contribution in [0.25, 0.3) is 0 Å². The Hall–Kier alpha value is -1.57. The number of urea groups is 1. The number of rotatable bonds is 5. The van der Waals surface area contributed by atoms with Gasteiger partial charge in [0.05, 0.1) is 17.3 Å². The summed E-state index contributed by atoms with van der Waals surface area (Å²) in [6.45, 7) is 0.399. The van der Waals surface area contributed by atoms with Crippen LogP contribution in [-0.4, -0.2) is 22.7 Å². The first kappa shape index (κ1) is 15.8. The highest BCUT2D eigenvalue weighted by molar-refractivity contribution is 8.00. The number of hydrogen-bond acceptors (Lipinski definition) is 5. The first-order chi connectivity index (χ1) is 10.1. The third-order valence-corrected chi connectivity index (χ3v) is 4.62. The van der Waals surface area contributed by atoms with Crippen molar-refractivity contribution < 1.29 is 9.59 Å². The fourth-order valence-corrected chi connectivity index (χ4v) is 3.01. The van der Waals surface area contributed by atoms with Gasteiger partial charge >= 0.3 is 6.03 Å². The molecule has 0 spiro atoms. The molecule has 0 bridgehead atoms. The Morgan fingerprint density at radius 1 is 1.33 bits per heavy atom. The van der Waals surface area contributed by atoms with Crippen LogP contribution in [0.2, 0.25) is 5.02 Å². The predicted octanol–water partition coefficient (Wildman–Crippen LogP) is 2.91. The van der Waals surface area contributed by atoms with E-state index in [0.29, 0.717) is 16.6 Å². The van der Waals surface area contributed by atoms with Crippen LogP contribution in [0.4, 0.5) is 4.79 Å². The number of hydrogen-bond donors (Lipinski definition) is 2. The summed E-state index contributed by atoms with van der Waals surface area (Å²) in [6, 6.07) is 6.71. The molecule has 0 saturated carbocycles. The number of thiophene rings is 1. The van der Waals surface area contributed by atoms with Gasteiger partial charge in [-0.2, -0.15) is 0 Å². The lowest BCUT2D eigenvalue weighted by molar-refractivity contribution is -0.117. The molecule has 2 aromatic rings. The lowest BCUT2D eigenvalue weighted by Crippen LogP contribution is -2.39. The van der Waals surface area contributed by atoms with E-state index >= 15 is 0 Å². The Morgan fingerprint density at radius 2 is 2.19 bits per heavy atom. The summed E-state index contributed by atoms with van der Waals surface area (Å²) in [5.41, 5.74) is 0. The Bertz CT molecular complexity index is 620. The Kier molecular flexibility index (Phi) is 6.04. The van der Waals surface area contributed by atoms with Crippen LogP contribution in [0.1, 0.15) is 4.88 Å². The number of nitrogens with zero attached hydrogens (tertiary/aromatic N) is 1. The van der Waals surface area contributed by atoms with Crippen LogP contribution >= 0.6 is 34.7 Å². The van der Waals surface area contributed by atoms with E-state index in [1.807, 2.05) is 17.5 Å². The van der Waals surface area contributed by atoms with Crippen LogP contribution in [-0.2, 0) is 11.3 Å². The van der Waals surface area contributed by atoms with E-state index in [0.717, 1.165) is 4.88 Å². The molecule has 2 aromatic heterocycles. The molecule has 0 aliphatic heterocycles. The SMILES string of the molecule is O=C(CSc1ncccc1Cl)NC(=O)NCc1cccs1. The molecule has 110 valence electrons. The summed E-state index contributed by atoms with van der Waals surface area (Å²) in [6.07, 6.45) is 1.60. The second kappa shape index (κ2) is 8.02. The maximum Gasteiger partial charge on any atom is 0.321 e. The largest absolute Gasteiger partial charge is 0.333 e. The molecule has 0 unspecified atom stereocenters. The number of aromatic nitrogens is 1. The topological polar surface area (TPSA) is 71.1 Å². The molecule has 3 amide bonds. The molecule has 8 heteroatoms. The van der Waals surface area contributed by atoms with Crippen molar-refractivity contribution in [2.45, 2.75) is 11.6 Å². The van der Waals surface area contributed by atoms with E-state index in [2.05, 4.69) is 15.6 Å². The average Bonchev–Trinajstić information content (AvgIpc) is 2.97. The highest BCUT2D eigenvalue weighted by Gasteiger charge is 2.10. The van der Waals surface area contributed by atoms with Gasteiger partial charge in [-0.1, -0.05) is 29.4 Å². The van der Waals surface area contributed by atoms with Crippen molar-refractivity contribution in [1.82, 2.24) is 15.6 Å². The molecule has 2 rings (SSSR count). The van der Waals surface area contributed by atoms with Crippen molar-refractivity contribution in [3.8, 4) is 0 Å². The monoisotopic (exact) mass is 341 g/mol. The average molecular weight is 342 g/mol. The van der Waals surface area contributed by atoms with Crippen LogP contribution in [0.3, 0.4) is 0 Å². The minimum absolute atomic E-state index is 0.0726. The Balaban J connectivity index is 1.71. The van der Waals surface area contributed by atoms with Crippen molar-refractivity contribution in [3.05, 3.63) is 45.7 Å². The number of imide groups is 1. The number of halogens is 1. The minimum Gasteiger partial charge on any atom is -0.333 e. The lowest BCUT2D eigenvalue weighted by atomic mass is 10.5. The van der Waals surface area contributed by atoms with Gasteiger partial charge in [0, 0.05) is 11.1 Å². The number of amides is 3. The highest BCUT2D eigenvalue weighted by Crippen LogP contribution is 2.23. The van der Waals surface area contributed by atoms with Gasteiger partial charge in [0.25, 0.3) is 0 Å². The van der Waals surface area contributed by atoms with E-state index in [9.17, 15) is 9.59 Å². The van der Waals surface area contributed by atoms with E-state index in [-0.39, 0.29) is 5.75 Å². The quantitative estimate of drug-likeness (QED) is 0.820. The molecular weight excluding hydrogens is 330 g/mol. The summed E-state index contributed by atoms with van der Waals surface area (Å²) in [7, 11) is 0. The van der Waals surface area contributed by atoms with Crippen molar-refractivity contribution >= 4 is 46.6 Å². The Labute approximate surface area is 135 Å². The van der Waals surface area contributed by atoms with Crippen LogP contribution in [0.15, 0.2) is 40.9 Å². The zero-order valence-corrected chi connectivity index (χ0v) is 13.2. The van der Waals surface area contributed by atoms with Gasteiger partial charge < -0.3 is 5.32 Å². The van der Waals surface area contributed by atoms with Gasteiger partial charge in [0.1, 0.15) is 5.03 Å². The molecule has 0 atom stereocenters. The van der Waals surface area contributed by atoms with Gasteiger partial charge in [0.2, 0.25) is 5.91 Å². The maximum atomic E-state index is 11.6. The normalized spacial score (nSPS) is 10.1. The second-order valence-corrected chi connectivity index (χ2v) is 6.29. The van der Waals surface area contributed by atoms with Gasteiger partial charge in [-0.15, -0.1) is 11.3 Å². The number of carbonyl (C=O) groups is 2. The number of thioether (sulfide) groups is 1. The molecule has 0 radical (unpaired) electrons. The number of pyridine rings is 1. The number of carbonyl (C=O) groups excluding carboxylic acids is 2. The Morgan fingerprint density at radius 3 is 2.90 bits per heavy atom. The molecule has 0 aliphatic rings. The van der Waals surface area contributed by atoms with Crippen molar-refractivity contribution in [2.24, 2.45) is 0 Å². The summed E-state index contributed by atoms with van der Waals surface area (Å²) < 4.78 is 0. The third-order valence-electron chi connectivity index (χ3n) is 2.32. The highest BCUT2D eigenvalue weighted by atomic mass is 35.5. The summed E-state index contributed by atoms with van der Waals surface area (Å²) in [5.74, 6) is -0.325. The van der Waals surface area contributed by atoms with Gasteiger partial charge in [-0.05, 0) is 23.6 Å². The van der Waals surface area contributed by atoms with E-state index < -0.39 is 11.9 Å². The molecule has 5 nitrogen and oxygen atoms in total. The number of nitrogens with one attached hydrogen (secondary N) is 2. The molecule has 2 heterocycles. The van der Waals surface area contributed by atoms with Gasteiger partial charge in [-0.3, -0.25) is 10.1 Å². The van der Waals surface area contributed by atoms with E-state index in [1.54, 1.807) is 18.3 Å². The van der Waals surface area contributed by atoms with E-state index in [4.69, 9.17) is 11.6 Å². The van der Waals surface area contributed by atoms with Crippen LogP contribution in [0.5, 0.6) is 0 Å². The lowest BCUT2D eigenvalue weighted by Gasteiger charge is -2.06. The zero-order chi connectivity index (χ0) is 15.1. The van der Waals surface area contributed by atoms with E-state index in [1.165, 1.54) is 23.1 Å². The first-order valence-corrected chi connectivity index (χ1v) is 8.23. The molecule has 0 fully saturated rings. The van der Waals surface area contributed by atoms with Gasteiger partial charge in [-0.25, -0.2) is 9.78 Å². The third kappa shape index (κ3) is 5.37. The fourth-order valence-electron chi connectivity index (χ4n) is 1.40. The van der Waals surface area contributed by atoms with Crippen molar-refractivity contribution in [2.75, 3.05) is 5.75 Å². The molecule has 0 aliphatic carbocycles. The minimum atomic E-state index is -0.513. The maximum absolute atomic E-state index is 11.6. The van der Waals surface area contributed by atoms with Crippen LogP contribution in [0, 0.1) is 0 Å². The van der Waals surface area contributed by atoms with Gasteiger partial charge in [0.15, 0.2) is 0 Å². The molecular formula is C13H12ClN3O2S2. The molecule has 0 aromatic carbocycles. The van der Waals surface area contributed by atoms with Crippen molar-refractivity contribution in [1.29, 1.82) is 0 Å². The van der Waals surface area contributed by atoms with Crippen molar-refractivity contribution in [3.63, 3.8) is 0 Å². The fraction of sp³-hybridized carbons (Fsp3) is 0.154. The first-order valence-electron chi connectivity index (χ1n) is 5.98.